The van der Waals surface area contributed by atoms with Crippen LogP contribution in [0.15, 0.2) is 48.5 Å². The Morgan fingerprint density at radius 2 is 1.63 bits per heavy atom. The van der Waals surface area contributed by atoms with Crippen LogP contribution in [0.1, 0.15) is 115 Å². The predicted octanol–water partition coefficient (Wildman–Crippen LogP) is 6.63. The van der Waals surface area contributed by atoms with E-state index < -0.39 is 63.3 Å². The number of sulfonamides is 1. The van der Waals surface area contributed by atoms with Gasteiger partial charge in [-0.25, -0.2) is 18.2 Å². The molecular formula is C45H59N5O8S. The van der Waals surface area contributed by atoms with Gasteiger partial charge < -0.3 is 25.0 Å². The van der Waals surface area contributed by atoms with Crippen LogP contribution in [0.3, 0.4) is 0 Å². The Morgan fingerprint density at radius 3 is 2.37 bits per heavy atom. The normalized spacial score (nSPS) is 25.3. The minimum atomic E-state index is -3.86. The molecule has 5 bridgehead atoms. The second-order valence-corrected chi connectivity index (χ2v) is 19.7. The molecule has 13 nitrogen and oxygen atoms in total. The molecule has 1 aliphatic carbocycles. The van der Waals surface area contributed by atoms with Crippen LogP contribution in [0, 0.1) is 12.3 Å². The average Bonchev–Trinajstić information content (AvgIpc) is 3.99. The van der Waals surface area contributed by atoms with Crippen molar-refractivity contribution in [1.82, 2.24) is 25.2 Å². The third-order valence-corrected chi connectivity index (χ3v) is 14.1. The van der Waals surface area contributed by atoms with Gasteiger partial charge in [-0.15, -0.1) is 0 Å². The number of aryl methyl sites for hydroxylation is 2. The van der Waals surface area contributed by atoms with E-state index >= 15 is 0 Å². The molecule has 4 atom stereocenters. The molecule has 1 aromatic heterocycles. The molecule has 14 heteroatoms. The molecule has 3 aromatic rings. The number of rotatable bonds is 4. The summed E-state index contributed by atoms with van der Waals surface area (Å²) in [5.41, 5.74) is 4.40. The van der Waals surface area contributed by atoms with E-state index in [-0.39, 0.29) is 31.4 Å². The van der Waals surface area contributed by atoms with Gasteiger partial charge in [-0.1, -0.05) is 89.1 Å². The van der Waals surface area contributed by atoms with Crippen molar-refractivity contribution in [3.8, 4) is 17.0 Å². The zero-order valence-corrected chi connectivity index (χ0v) is 35.4. The van der Waals surface area contributed by atoms with Crippen molar-refractivity contribution >= 4 is 44.7 Å². The number of hydrogen-bond acceptors (Lipinski definition) is 9. The van der Waals surface area contributed by atoms with Crippen LogP contribution in [0.4, 0.5) is 4.79 Å². The quantitative estimate of drug-likeness (QED) is 0.261. The van der Waals surface area contributed by atoms with E-state index in [1.807, 2.05) is 36.4 Å². The number of ether oxygens (including phenoxy) is 2. The molecule has 59 heavy (non-hydrogen) atoms. The van der Waals surface area contributed by atoms with Crippen LogP contribution in [-0.4, -0.2) is 84.7 Å². The smallest absolute Gasteiger partial charge is 0.407 e. The van der Waals surface area contributed by atoms with Gasteiger partial charge in [-0.05, 0) is 80.5 Å². The molecule has 0 radical (unpaired) electrons. The van der Waals surface area contributed by atoms with E-state index in [1.54, 1.807) is 0 Å². The maximum Gasteiger partial charge on any atom is 0.407 e. The Morgan fingerprint density at radius 1 is 0.898 bits per heavy atom. The van der Waals surface area contributed by atoms with E-state index in [4.69, 9.17) is 14.5 Å². The van der Waals surface area contributed by atoms with Crippen molar-refractivity contribution in [2.24, 2.45) is 5.41 Å². The van der Waals surface area contributed by atoms with Crippen molar-refractivity contribution in [2.45, 2.75) is 147 Å². The van der Waals surface area contributed by atoms with Crippen LogP contribution in [-0.2, 0) is 35.6 Å². The molecular weight excluding hydrogens is 771 g/mol. The Hall–Kier alpha value is -4.72. The highest BCUT2D eigenvalue weighted by atomic mass is 32.2. The first-order chi connectivity index (χ1) is 28.3. The molecule has 3 fully saturated rings. The second kappa shape index (κ2) is 18.3. The molecule has 4 amide bonds. The number of pyridine rings is 1. The molecule has 4 aliphatic rings. The predicted molar refractivity (Wildman–Crippen MR) is 225 cm³/mol. The van der Waals surface area contributed by atoms with Crippen molar-refractivity contribution in [3.63, 3.8) is 0 Å². The van der Waals surface area contributed by atoms with Crippen molar-refractivity contribution < 1.29 is 37.1 Å². The third-order valence-electron chi connectivity index (χ3n) is 12.2. The zero-order valence-electron chi connectivity index (χ0n) is 34.6. The highest BCUT2D eigenvalue weighted by Gasteiger charge is 2.45. The summed E-state index contributed by atoms with van der Waals surface area (Å²) in [4.78, 5) is 62.6. The van der Waals surface area contributed by atoms with Gasteiger partial charge in [-0.3, -0.25) is 19.1 Å². The number of hydrogen-bond donors (Lipinski definition) is 3. The molecule has 1 saturated carbocycles. The van der Waals surface area contributed by atoms with Gasteiger partial charge in [0.05, 0.1) is 29.6 Å². The van der Waals surface area contributed by atoms with Crippen molar-refractivity contribution in [1.29, 1.82) is 0 Å². The van der Waals surface area contributed by atoms with Crippen LogP contribution < -0.4 is 20.1 Å². The summed E-state index contributed by atoms with van der Waals surface area (Å²) >= 11 is 0. The number of aromatic nitrogens is 1. The molecule has 318 valence electrons. The molecule has 2 aromatic carbocycles. The Labute approximate surface area is 347 Å². The van der Waals surface area contributed by atoms with Gasteiger partial charge in [0.25, 0.3) is 5.91 Å². The first-order valence-corrected chi connectivity index (χ1v) is 23.1. The third kappa shape index (κ3) is 10.7. The van der Waals surface area contributed by atoms with Crippen LogP contribution in [0.5, 0.6) is 5.75 Å². The highest BCUT2D eigenvalue weighted by Crippen LogP contribution is 2.36. The molecule has 0 spiro atoms. The molecule has 3 N–H and O–H groups in total. The van der Waals surface area contributed by atoms with Gasteiger partial charge >= 0.3 is 6.09 Å². The summed E-state index contributed by atoms with van der Waals surface area (Å²) in [5.74, 6) is -1.23. The minimum Gasteiger partial charge on any atom is -0.488 e. The largest absolute Gasteiger partial charge is 0.488 e. The maximum atomic E-state index is 14.7. The fourth-order valence-electron chi connectivity index (χ4n) is 8.58. The number of alkyl carbamates (subject to hydrolysis) is 1. The van der Waals surface area contributed by atoms with Gasteiger partial charge in [0.1, 0.15) is 30.0 Å². The number of cyclic esters (lactones) is 1. The summed E-state index contributed by atoms with van der Waals surface area (Å²) in [6.45, 7) is 6.45. The standard InChI is InChI=1S/C45H59N5O8S/c1-29-23-38-34-24-31(29)17-13-14-22-45(2,3)28-57-44(54)48-36-19-12-7-5-4-6-11-18-35(41(51)49-59(55,56)33-20-21-33)47-42(52)39-25-32(27-50(39)43(36)53)58-40(34)26-37(46-38)30-15-9-8-10-16-30/h8-10,15-16,23-24,26,32-33,35-36,39H,4-7,11-14,17-22,25,27-28H2,1-3H3,(H,47,52)(H,48,54)(H,49,51)/t32-,35?,36+,39+/m1/s1. The zero-order chi connectivity index (χ0) is 41.7. The van der Waals surface area contributed by atoms with Crippen LogP contribution in [0.25, 0.3) is 22.2 Å². The molecule has 4 heterocycles. The molecule has 3 aliphatic heterocycles. The summed E-state index contributed by atoms with van der Waals surface area (Å²) in [6, 6.07) is 12.8. The lowest BCUT2D eigenvalue weighted by molar-refractivity contribution is -0.141. The number of benzene rings is 2. The van der Waals surface area contributed by atoms with Crippen molar-refractivity contribution in [3.05, 3.63) is 59.7 Å². The Bertz CT molecular complexity index is 2140. The summed E-state index contributed by atoms with van der Waals surface area (Å²) in [5, 5.41) is 5.92. The van der Waals surface area contributed by atoms with E-state index in [2.05, 4.69) is 48.3 Å². The summed E-state index contributed by atoms with van der Waals surface area (Å²) in [7, 11) is -3.86. The average molecular weight is 830 g/mol. The van der Waals surface area contributed by atoms with Crippen LogP contribution in [0.2, 0.25) is 0 Å². The van der Waals surface area contributed by atoms with Crippen molar-refractivity contribution in [2.75, 3.05) is 13.2 Å². The number of nitrogens with zero attached hydrogens (tertiary/aromatic N) is 2. The van der Waals surface area contributed by atoms with Gasteiger partial charge in [0.15, 0.2) is 0 Å². The molecule has 2 saturated heterocycles. The fourth-order valence-corrected chi connectivity index (χ4v) is 9.92. The second-order valence-electron chi connectivity index (χ2n) is 17.8. The van der Waals surface area contributed by atoms with E-state index in [1.165, 1.54) is 10.5 Å². The van der Waals surface area contributed by atoms with E-state index in [0.29, 0.717) is 37.9 Å². The van der Waals surface area contributed by atoms with Gasteiger partial charge in [0.2, 0.25) is 21.8 Å². The molecule has 7 rings (SSSR count). The van der Waals surface area contributed by atoms with E-state index in [0.717, 1.165) is 79.1 Å². The molecule has 1 unspecified atom stereocenters. The maximum absolute atomic E-state index is 14.7. The lowest BCUT2D eigenvalue weighted by Gasteiger charge is -2.30. The number of amides is 4. The monoisotopic (exact) mass is 829 g/mol. The number of fused-ring (bicyclic) bond motifs is 3. The van der Waals surface area contributed by atoms with Crippen LogP contribution >= 0.6 is 0 Å². The highest BCUT2D eigenvalue weighted by molar-refractivity contribution is 7.90. The number of nitrogens with one attached hydrogen (secondary N) is 3. The Kier molecular flexibility index (Phi) is 13.1. The first kappa shape index (κ1) is 42.4. The topological polar surface area (TPSA) is 173 Å². The SMILES string of the molecule is Cc1cc2nc(-c3ccccc3)cc3c2cc1CCCCC(C)(C)COC(=O)N[C@H]1CCCCCCCCC(C(=O)NS(=O)(=O)C2CC2)NC(=O)[C@@H]2C[C@H](CN2C1=O)O3. The lowest BCUT2D eigenvalue weighted by atomic mass is 9.87. The van der Waals surface area contributed by atoms with E-state index in [9.17, 15) is 27.6 Å². The number of carbonyl (C=O) groups is 4. The Balaban J connectivity index is 1.27. The number of carbonyl (C=O) groups excluding carboxylic acids is 4. The summed E-state index contributed by atoms with van der Waals surface area (Å²) in [6.07, 6.45) is 8.53. The fraction of sp³-hybridized carbons (Fsp3) is 0.578. The van der Waals surface area contributed by atoms with Gasteiger partial charge in [-0.2, -0.15) is 0 Å². The summed E-state index contributed by atoms with van der Waals surface area (Å²) < 4.78 is 40.5. The minimum absolute atomic E-state index is 0.0350. The first-order valence-electron chi connectivity index (χ1n) is 21.5. The lowest BCUT2D eigenvalue weighted by Crippen LogP contribution is -2.56. The van der Waals surface area contributed by atoms with Gasteiger partial charge in [0, 0.05) is 23.4 Å².